The number of benzene rings is 1. The highest BCUT2D eigenvalue weighted by molar-refractivity contribution is 8.00. The molecule has 0 spiro atoms. The Bertz CT molecular complexity index is 352. The van der Waals surface area contributed by atoms with Gasteiger partial charge < -0.3 is 5.11 Å². The molecule has 1 atom stereocenters. The van der Waals surface area contributed by atoms with Crippen LogP contribution in [0.5, 0.6) is 0 Å². The lowest BCUT2D eigenvalue weighted by molar-refractivity contribution is 0.203. The minimum atomic E-state index is -0.357. The fourth-order valence-electron chi connectivity index (χ4n) is 1.54. The van der Waals surface area contributed by atoms with E-state index >= 15 is 0 Å². The van der Waals surface area contributed by atoms with Crippen LogP contribution in [0.2, 0.25) is 0 Å². The highest BCUT2D eigenvalue weighted by atomic mass is 32.2. The molecule has 1 rings (SSSR count). The van der Waals surface area contributed by atoms with Gasteiger partial charge in [-0.25, -0.2) is 0 Å². The van der Waals surface area contributed by atoms with Gasteiger partial charge in [0.2, 0.25) is 0 Å². The van der Waals surface area contributed by atoms with Gasteiger partial charge in [-0.3, -0.25) is 0 Å². The second-order valence-electron chi connectivity index (χ2n) is 5.30. The Morgan fingerprint density at radius 1 is 1.25 bits per heavy atom. The minimum Gasteiger partial charge on any atom is -0.388 e. The van der Waals surface area contributed by atoms with E-state index in [-0.39, 0.29) is 10.9 Å². The van der Waals surface area contributed by atoms with Crippen LogP contribution in [0.25, 0.3) is 0 Å². The highest BCUT2D eigenvalue weighted by Gasteiger charge is 2.16. The van der Waals surface area contributed by atoms with Gasteiger partial charge in [-0.15, -0.1) is 0 Å². The topological polar surface area (TPSA) is 20.2 Å². The third-order valence-corrected chi connectivity index (χ3v) is 3.82. The van der Waals surface area contributed by atoms with Crippen LogP contribution in [-0.2, 0) is 0 Å². The zero-order chi connectivity index (χ0) is 12.3. The van der Waals surface area contributed by atoms with E-state index in [1.807, 2.05) is 0 Å². The van der Waals surface area contributed by atoms with Crippen LogP contribution in [0.15, 0.2) is 18.2 Å². The Hall–Kier alpha value is -0.470. The van der Waals surface area contributed by atoms with Gasteiger partial charge in [0.05, 0.1) is 6.10 Å². The van der Waals surface area contributed by atoms with Crippen molar-refractivity contribution in [2.45, 2.75) is 45.5 Å². The molecular formula is C14H22OS. The second-order valence-corrected chi connectivity index (χ2v) is 7.15. The Labute approximate surface area is 103 Å². The standard InChI is InChI=1S/C14H22OS/c1-10-6-7-11(2)12(8-10)13(15)9-16-14(3,4)5/h6-8,13,15H,9H2,1-5H3. The summed E-state index contributed by atoms with van der Waals surface area (Å²) in [4.78, 5) is 0. The lowest BCUT2D eigenvalue weighted by atomic mass is 10.0. The van der Waals surface area contributed by atoms with Gasteiger partial charge in [-0.05, 0) is 25.0 Å². The van der Waals surface area contributed by atoms with Crippen LogP contribution in [0.3, 0.4) is 0 Å². The monoisotopic (exact) mass is 238 g/mol. The van der Waals surface area contributed by atoms with Gasteiger partial charge in [0.15, 0.2) is 0 Å². The molecule has 0 amide bonds. The fraction of sp³-hybridized carbons (Fsp3) is 0.571. The average molecular weight is 238 g/mol. The number of thioether (sulfide) groups is 1. The van der Waals surface area contributed by atoms with Gasteiger partial charge >= 0.3 is 0 Å². The van der Waals surface area contributed by atoms with Gasteiger partial charge in [0.25, 0.3) is 0 Å². The summed E-state index contributed by atoms with van der Waals surface area (Å²) in [6, 6.07) is 6.25. The smallest absolute Gasteiger partial charge is 0.0883 e. The molecule has 0 bridgehead atoms. The van der Waals surface area contributed by atoms with Gasteiger partial charge in [0, 0.05) is 10.5 Å². The van der Waals surface area contributed by atoms with E-state index < -0.39 is 0 Å². The first kappa shape index (κ1) is 13.6. The molecule has 1 N–H and O–H groups in total. The maximum Gasteiger partial charge on any atom is 0.0883 e. The van der Waals surface area contributed by atoms with Crippen LogP contribution in [0.1, 0.15) is 43.6 Å². The van der Waals surface area contributed by atoms with Crippen LogP contribution in [0.4, 0.5) is 0 Å². The molecule has 1 aromatic carbocycles. The van der Waals surface area contributed by atoms with Crippen LogP contribution >= 0.6 is 11.8 Å². The Balaban J connectivity index is 2.73. The predicted molar refractivity (Wildman–Crippen MR) is 73.1 cm³/mol. The molecule has 0 radical (unpaired) electrons. The van der Waals surface area contributed by atoms with Crippen molar-refractivity contribution in [3.05, 3.63) is 34.9 Å². The van der Waals surface area contributed by atoms with Crippen molar-refractivity contribution in [3.63, 3.8) is 0 Å². The molecule has 16 heavy (non-hydrogen) atoms. The van der Waals surface area contributed by atoms with Crippen molar-refractivity contribution in [2.75, 3.05) is 5.75 Å². The number of aryl methyl sites for hydroxylation is 2. The zero-order valence-corrected chi connectivity index (χ0v) is 11.7. The predicted octanol–water partition coefficient (Wildman–Crippen LogP) is 3.87. The van der Waals surface area contributed by atoms with Crippen molar-refractivity contribution in [3.8, 4) is 0 Å². The number of rotatable bonds is 3. The summed E-state index contributed by atoms with van der Waals surface area (Å²) in [7, 11) is 0. The normalized spacial score (nSPS) is 13.9. The molecule has 0 aliphatic rings. The molecule has 90 valence electrons. The quantitative estimate of drug-likeness (QED) is 0.862. The average Bonchev–Trinajstić information content (AvgIpc) is 2.17. The molecule has 0 saturated heterocycles. The van der Waals surface area contributed by atoms with E-state index in [1.54, 1.807) is 11.8 Å². The van der Waals surface area contributed by atoms with E-state index in [9.17, 15) is 5.11 Å². The number of aliphatic hydroxyl groups is 1. The summed E-state index contributed by atoms with van der Waals surface area (Å²) in [5.41, 5.74) is 3.45. The van der Waals surface area contributed by atoms with Gasteiger partial charge in [-0.2, -0.15) is 11.8 Å². The molecule has 0 fully saturated rings. The summed E-state index contributed by atoms with van der Waals surface area (Å²) in [6.45, 7) is 10.6. The fourth-order valence-corrected chi connectivity index (χ4v) is 2.38. The SMILES string of the molecule is Cc1ccc(C)c(C(O)CSC(C)(C)C)c1. The van der Waals surface area contributed by atoms with Crippen molar-refractivity contribution in [1.29, 1.82) is 0 Å². The number of hydrogen-bond acceptors (Lipinski definition) is 2. The van der Waals surface area contributed by atoms with Gasteiger partial charge in [0.1, 0.15) is 0 Å². The summed E-state index contributed by atoms with van der Waals surface area (Å²) in [5, 5.41) is 10.2. The lowest BCUT2D eigenvalue weighted by Gasteiger charge is -2.21. The minimum absolute atomic E-state index is 0.207. The van der Waals surface area contributed by atoms with Crippen molar-refractivity contribution < 1.29 is 5.11 Å². The Morgan fingerprint density at radius 2 is 1.88 bits per heavy atom. The number of aliphatic hydroxyl groups excluding tert-OH is 1. The molecule has 0 aliphatic carbocycles. The summed E-state index contributed by atoms with van der Waals surface area (Å²) in [5.74, 6) is 0.758. The molecule has 0 aromatic heterocycles. The Kier molecular flexibility index (Phi) is 4.45. The third kappa shape index (κ3) is 4.18. The maximum atomic E-state index is 10.2. The largest absolute Gasteiger partial charge is 0.388 e. The van der Waals surface area contributed by atoms with E-state index in [2.05, 4.69) is 52.8 Å². The summed E-state index contributed by atoms with van der Waals surface area (Å²) in [6.07, 6.45) is -0.357. The molecule has 1 aromatic rings. The van der Waals surface area contributed by atoms with Crippen LogP contribution in [0, 0.1) is 13.8 Å². The molecule has 1 unspecified atom stereocenters. The first-order chi connectivity index (χ1) is 7.29. The molecule has 0 aliphatic heterocycles. The van der Waals surface area contributed by atoms with E-state index in [0.29, 0.717) is 0 Å². The summed E-state index contributed by atoms with van der Waals surface area (Å²) >= 11 is 1.80. The first-order valence-electron chi connectivity index (χ1n) is 5.69. The van der Waals surface area contributed by atoms with E-state index in [4.69, 9.17) is 0 Å². The zero-order valence-electron chi connectivity index (χ0n) is 10.9. The Morgan fingerprint density at radius 3 is 2.44 bits per heavy atom. The number of hydrogen-bond donors (Lipinski definition) is 1. The van der Waals surface area contributed by atoms with E-state index in [0.717, 1.165) is 11.3 Å². The molecule has 0 saturated carbocycles. The first-order valence-corrected chi connectivity index (χ1v) is 6.67. The third-order valence-electron chi connectivity index (χ3n) is 2.47. The second kappa shape index (κ2) is 5.24. The van der Waals surface area contributed by atoms with Crippen molar-refractivity contribution in [2.24, 2.45) is 0 Å². The molecule has 2 heteroatoms. The summed E-state index contributed by atoms with van der Waals surface area (Å²) < 4.78 is 0.207. The maximum absolute atomic E-state index is 10.2. The van der Waals surface area contributed by atoms with Crippen LogP contribution < -0.4 is 0 Å². The lowest BCUT2D eigenvalue weighted by Crippen LogP contribution is -2.12. The molecule has 0 heterocycles. The molecule has 1 nitrogen and oxygen atoms in total. The van der Waals surface area contributed by atoms with Crippen molar-refractivity contribution in [1.82, 2.24) is 0 Å². The van der Waals surface area contributed by atoms with Gasteiger partial charge in [-0.1, -0.05) is 44.5 Å². The van der Waals surface area contributed by atoms with E-state index in [1.165, 1.54) is 11.1 Å². The highest BCUT2D eigenvalue weighted by Crippen LogP contribution is 2.29. The van der Waals surface area contributed by atoms with Crippen molar-refractivity contribution >= 4 is 11.8 Å². The van der Waals surface area contributed by atoms with Crippen LogP contribution in [-0.4, -0.2) is 15.6 Å². The molecular weight excluding hydrogens is 216 g/mol.